The Morgan fingerprint density at radius 2 is 1.79 bits per heavy atom. The lowest BCUT2D eigenvalue weighted by molar-refractivity contribution is 0.356. The molecule has 0 aromatic heterocycles. The van der Waals surface area contributed by atoms with Crippen molar-refractivity contribution in [1.29, 1.82) is 0 Å². The van der Waals surface area contributed by atoms with Crippen LogP contribution in [0.3, 0.4) is 0 Å². The first-order valence-corrected chi connectivity index (χ1v) is 7.61. The van der Waals surface area contributed by atoms with Crippen molar-refractivity contribution in [1.82, 2.24) is 5.32 Å². The van der Waals surface area contributed by atoms with Crippen molar-refractivity contribution in [3.8, 4) is 5.75 Å². The fourth-order valence-electron chi connectivity index (χ4n) is 2.80. The molecule has 0 aliphatic carbocycles. The summed E-state index contributed by atoms with van der Waals surface area (Å²) in [5, 5.41) is 3.58. The maximum Gasteiger partial charge on any atom is 0.122 e. The minimum atomic E-state index is 0.540. The van der Waals surface area contributed by atoms with Crippen molar-refractivity contribution in [2.24, 2.45) is 5.92 Å². The lowest BCUT2D eigenvalue weighted by atomic mass is 9.82. The zero-order valence-electron chi connectivity index (χ0n) is 12.9. The fourth-order valence-corrected chi connectivity index (χ4v) is 2.80. The number of para-hydroxylation sites is 1. The molecule has 1 N–H and O–H groups in total. The van der Waals surface area contributed by atoms with Gasteiger partial charge in [-0.15, -0.1) is 0 Å². The van der Waals surface area contributed by atoms with E-state index in [-0.39, 0.29) is 0 Å². The van der Waals surface area contributed by atoms with Gasteiger partial charge in [-0.2, -0.15) is 0 Å². The molecule has 0 bridgehead atoms. The van der Waals surface area contributed by atoms with Crippen molar-refractivity contribution >= 4 is 0 Å². The summed E-state index contributed by atoms with van der Waals surface area (Å²) in [5.74, 6) is 2.27. The molecule has 1 rings (SSSR count). The maximum atomic E-state index is 5.54. The average molecular weight is 263 g/mol. The van der Waals surface area contributed by atoms with Crippen LogP contribution in [-0.4, -0.2) is 20.2 Å². The molecular formula is C17H29NO. The highest BCUT2D eigenvalue weighted by Crippen LogP contribution is 2.34. The summed E-state index contributed by atoms with van der Waals surface area (Å²) in [6.45, 7) is 8.92. The molecule has 2 nitrogen and oxygen atoms in total. The van der Waals surface area contributed by atoms with Gasteiger partial charge in [-0.05, 0) is 30.5 Å². The number of ether oxygens (including phenoxy) is 1. The zero-order chi connectivity index (χ0) is 14.1. The SMILES string of the molecule is CCCNCC(c1ccccc1OC)C(CC)CC. The third-order valence-corrected chi connectivity index (χ3v) is 3.95. The van der Waals surface area contributed by atoms with Crippen molar-refractivity contribution < 1.29 is 4.74 Å². The smallest absolute Gasteiger partial charge is 0.122 e. The molecular weight excluding hydrogens is 234 g/mol. The van der Waals surface area contributed by atoms with Crippen LogP contribution in [0.5, 0.6) is 5.75 Å². The minimum absolute atomic E-state index is 0.540. The second-order valence-electron chi connectivity index (χ2n) is 5.13. The number of benzene rings is 1. The summed E-state index contributed by atoms with van der Waals surface area (Å²) in [6.07, 6.45) is 3.61. The molecule has 0 aliphatic heterocycles. The molecule has 0 aliphatic rings. The summed E-state index contributed by atoms with van der Waals surface area (Å²) in [6, 6.07) is 8.46. The number of methoxy groups -OCH3 is 1. The highest BCUT2D eigenvalue weighted by atomic mass is 16.5. The van der Waals surface area contributed by atoms with Crippen LogP contribution in [0.15, 0.2) is 24.3 Å². The van der Waals surface area contributed by atoms with Crippen molar-refractivity contribution in [3.63, 3.8) is 0 Å². The van der Waals surface area contributed by atoms with Gasteiger partial charge in [0.15, 0.2) is 0 Å². The average Bonchev–Trinajstić information content (AvgIpc) is 2.47. The van der Waals surface area contributed by atoms with E-state index in [1.165, 1.54) is 24.8 Å². The van der Waals surface area contributed by atoms with E-state index in [9.17, 15) is 0 Å². The molecule has 0 saturated heterocycles. The molecule has 0 heterocycles. The molecule has 0 radical (unpaired) electrons. The number of nitrogens with one attached hydrogen (secondary N) is 1. The van der Waals surface area contributed by atoms with Crippen LogP contribution in [0.1, 0.15) is 51.5 Å². The lowest BCUT2D eigenvalue weighted by Crippen LogP contribution is -2.27. The highest BCUT2D eigenvalue weighted by Gasteiger charge is 2.22. The predicted octanol–water partition coefficient (Wildman–Crippen LogP) is 4.21. The van der Waals surface area contributed by atoms with Crippen LogP contribution in [0.2, 0.25) is 0 Å². The molecule has 0 amide bonds. The summed E-state index contributed by atoms with van der Waals surface area (Å²) >= 11 is 0. The Balaban J connectivity index is 2.93. The molecule has 0 spiro atoms. The van der Waals surface area contributed by atoms with Gasteiger partial charge in [0.25, 0.3) is 0 Å². The van der Waals surface area contributed by atoms with Crippen LogP contribution in [0, 0.1) is 5.92 Å². The van der Waals surface area contributed by atoms with Crippen molar-refractivity contribution in [3.05, 3.63) is 29.8 Å². The summed E-state index contributed by atoms with van der Waals surface area (Å²) < 4.78 is 5.54. The quantitative estimate of drug-likeness (QED) is 0.674. The normalized spacial score (nSPS) is 12.7. The van der Waals surface area contributed by atoms with Crippen LogP contribution in [-0.2, 0) is 0 Å². The highest BCUT2D eigenvalue weighted by molar-refractivity contribution is 5.36. The van der Waals surface area contributed by atoms with Gasteiger partial charge >= 0.3 is 0 Å². The zero-order valence-corrected chi connectivity index (χ0v) is 12.9. The van der Waals surface area contributed by atoms with Crippen LogP contribution >= 0.6 is 0 Å². The number of rotatable bonds is 9. The van der Waals surface area contributed by atoms with Gasteiger partial charge in [0.2, 0.25) is 0 Å². The molecule has 0 fully saturated rings. The van der Waals surface area contributed by atoms with Gasteiger partial charge in [-0.3, -0.25) is 0 Å². The molecule has 19 heavy (non-hydrogen) atoms. The van der Waals surface area contributed by atoms with Gasteiger partial charge in [0.1, 0.15) is 5.75 Å². The standard InChI is InChI=1S/C17H29NO/c1-5-12-18-13-16(14(6-2)7-3)15-10-8-9-11-17(15)19-4/h8-11,14,16,18H,5-7,12-13H2,1-4H3. The van der Waals surface area contributed by atoms with Crippen molar-refractivity contribution in [2.75, 3.05) is 20.2 Å². The van der Waals surface area contributed by atoms with E-state index in [2.05, 4.69) is 44.3 Å². The first-order valence-electron chi connectivity index (χ1n) is 7.61. The Bertz CT molecular complexity index is 347. The predicted molar refractivity (Wildman–Crippen MR) is 83.0 cm³/mol. The molecule has 0 saturated carbocycles. The molecule has 2 heteroatoms. The second kappa shape index (κ2) is 8.98. The third-order valence-electron chi connectivity index (χ3n) is 3.95. The van der Waals surface area contributed by atoms with E-state index in [1.54, 1.807) is 7.11 Å². The van der Waals surface area contributed by atoms with E-state index in [1.807, 2.05) is 6.07 Å². The topological polar surface area (TPSA) is 21.3 Å². The summed E-state index contributed by atoms with van der Waals surface area (Å²) in [4.78, 5) is 0. The van der Waals surface area contributed by atoms with E-state index >= 15 is 0 Å². The molecule has 1 unspecified atom stereocenters. The number of hydrogen-bond donors (Lipinski definition) is 1. The van der Waals surface area contributed by atoms with E-state index in [4.69, 9.17) is 4.74 Å². The Morgan fingerprint density at radius 3 is 2.37 bits per heavy atom. The van der Waals surface area contributed by atoms with E-state index in [0.29, 0.717) is 11.8 Å². The molecule has 1 aromatic rings. The Kier molecular flexibility index (Phi) is 7.57. The summed E-state index contributed by atoms with van der Waals surface area (Å²) in [5.41, 5.74) is 1.35. The van der Waals surface area contributed by atoms with E-state index < -0.39 is 0 Å². The van der Waals surface area contributed by atoms with Gasteiger partial charge in [0, 0.05) is 12.5 Å². The van der Waals surface area contributed by atoms with E-state index in [0.717, 1.165) is 18.8 Å². The maximum absolute atomic E-state index is 5.54. The Labute approximate surface area is 118 Å². The Morgan fingerprint density at radius 1 is 1.11 bits per heavy atom. The van der Waals surface area contributed by atoms with Gasteiger partial charge in [-0.25, -0.2) is 0 Å². The molecule has 108 valence electrons. The lowest BCUT2D eigenvalue weighted by Gasteiger charge is -2.27. The first kappa shape index (κ1) is 16.0. The van der Waals surface area contributed by atoms with Crippen molar-refractivity contribution in [2.45, 2.75) is 46.0 Å². The first-order chi connectivity index (χ1) is 9.28. The largest absolute Gasteiger partial charge is 0.496 e. The Hall–Kier alpha value is -1.02. The summed E-state index contributed by atoms with van der Waals surface area (Å²) in [7, 11) is 1.77. The van der Waals surface area contributed by atoms with Gasteiger partial charge in [0.05, 0.1) is 7.11 Å². The minimum Gasteiger partial charge on any atom is -0.496 e. The number of hydrogen-bond acceptors (Lipinski definition) is 2. The van der Waals surface area contributed by atoms with Gasteiger partial charge < -0.3 is 10.1 Å². The molecule has 1 atom stereocenters. The monoisotopic (exact) mass is 263 g/mol. The molecule has 1 aromatic carbocycles. The van der Waals surface area contributed by atoms with Crippen LogP contribution in [0.4, 0.5) is 0 Å². The third kappa shape index (κ3) is 4.54. The van der Waals surface area contributed by atoms with Gasteiger partial charge in [-0.1, -0.05) is 51.8 Å². The second-order valence-corrected chi connectivity index (χ2v) is 5.13. The van der Waals surface area contributed by atoms with Crippen LogP contribution < -0.4 is 10.1 Å². The fraction of sp³-hybridized carbons (Fsp3) is 0.647. The van der Waals surface area contributed by atoms with Crippen LogP contribution in [0.25, 0.3) is 0 Å².